The molecule has 208 valence electrons. The molecule has 1 saturated heterocycles. The third-order valence-electron chi connectivity index (χ3n) is 7.38. The van der Waals surface area contributed by atoms with Gasteiger partial charge in [-0.3, -0.25) is 19.7 Å². The molecule has 0 radical (unpaired) electrons. The van der Waals surface area contributed by atoms with E-state index in [1.54, 1.807) is 6.20 Å². The fraction of sp³-hybridized carbons (Fsp3) is 0.258. The molecule has 0 spiro atoms. The van der Waals surface area contributed by atoms with Crippen LogP contribution >= 0.6 is 0 Å². The third-order valence-corrected chi connectivity index (χ3v) is 7.38. The number of fused-ring (bicyclic) bond motifs is 1. The predicted molar refractivity (Wildman–Crippen MR) is 157 cm³/mol. The van der Waals surface area contributed by atoms with Gasteiger partial charge in [0, 0.05) is 47.2 Å². The van der Waals surface area contributed by atoms with E-state index in [4.69, 9.17) is 6.57 Å². The standard InChI is InChI=1S/C31H29FN6O3/c1-5-37-26(20-6-9-23(10-7-20)38-19(3)14-18(2)31(38)41)15-21-12-13-34-27(28(21)37)30(40)36-22-8-11-25(32)24(16-22)29(39)35-17-33-4/h4,6-13,15-16,18-19H,5,14,17H2,1-3H3,(H-,35,36,39,40)/p+1. The van der Waals surface area contributed by atoms with Gasteiger partial charge in [-0.15, -0.1) is 0 Å². The number of anilines is 2. The summed E-state index contributed by atoms with van der Waals surface area (Å²) in [6, 6.07) is 15.6. The average molecular weight is 554 g/mol. The van der Waals surface area contributed by atoms with Crippen molar-refractivity contribution in [3.63, 3.8) is 0 Å². The molecule has 2 N–H and O–H groups in total. The second-order valence-corrected chi connectivity index (χ2v) is 10.1. The first-order valence-corrected chi connectivity index (χ1v) is 13.4. The van der Waals surface area contributed by atoms with Gasteiger partial charge in [-0.1, -0.05) is 23.9 Å². The number of benzene rings is 2. The van der Waals surface area contributed by atoms with Crippen molar-refractivity contribution in [2.24, 2.45) is 5.92 Å². The fourth-order valence-corrected chi connectivity index (χ4v) is 5.48. The highest BCUT2D eigenvalue weighted by Crippen LogP contribution is 2.34. The molecule has 2 aromatic carbocycles. The van der Waals surface area contributed by atoms with Crippen LogP contribution in [0.25, 0.3) is 27.0 Å². The first kappa shape index (κ1) is 27.5. The van der Waals surface area contributed by atoms with Crippen LogP contribution in [0.15, 0.2) is 60.8 Å². The second-order valence-electron chi connectivity index (χ2n) is 10.1. The second kappa shape index (κ2) is 11.2. The third kappa shape index (κ3) is 5.14. The van der Waals surface area contributed by atoms with Gasteiger partial charge < -0.3 is 14.8 Å². The summed E-state index contributed by atoms with van der Waals surface area (Å²) in [4.78, 5) is 47.8. The van der Waals surface area contributed by atoms with E-state index < -0.39 is 17.6 Å². The number of hydrogen-bond donors (Lipinski definition) is 2. The van der Waals surface area contributed by atoms with Crippen molar-refractivity contribution in [3.8, 4) is 17.8 Å². The molecule has 1 aliphatic heterocycles. The Balaban J connectivity index is 1.46. The highest BCUT2D eigenvalue weighted by molar-refractivity contribution is 6.11. The maximum absolute atomic E-state index is 14.3. The number of rotatable bonds is 7. The number of carbonyl (C=O) groups excluding carboxylic acids is 3. The first-order chi connectivity index (χ1) is 19.7. The Bertz CT molecular complexity index is 1710. The van der Waals surface area contributed by atoms with Crippen molar-refractivity contribution < 1.29 is 18.8 Å². The number of hydrogen-bond acceptors (Lipinski definition) is 4. The molecule has 1 fully saturated rings. The lowest BCUT2D eigenvalue weighted by molar-refractivity contribution is -0.120. The summed E-state index contributed by atoms with van der Waals surface area (Å²) in [5, 5.41) is 5.93. The predicted octanol–water partition coefficient (Wildman–Crippen LogP) is 5.53. The summed E-state index contributed by atoms with van der Waals surface area (Å²) in [6.45, 7) is 11.4. The molecule has 41 heavy (non-hydrogen) atoms. The van der Waals surface area contributed by atoms with E-state index in [0.717, 1.165) is 34.8 Å². The van der Waals surface area contributed by atoms with Crippen LogP contribution in [-0.4, -0.2) is 40.0 Å². The number of aryl methyl sites for hydroxylation is 1. The van der Waals surface area contributed by atoms with E-state index in [9.17, 15) is 18.8 Å². The van der Waals surface area contributed by atoms with Crippen LogP contribution in [0.5, 0.6) is 0 Å². The highest BCUT2D eigenvalue weighted by atomic mass is 19.1. The smallest absolute Gasteiger partial charge is 0.338 e. The first-order valence-electron chi connectivity index (χ1n) is 13.4. The minimum absolute atomic E-state index is 0.00938. The number of halogens is 1. The van der Waals surface area contributed by atoms with E-state index in [-0.39, 0.29) is 41.5 Å². The Kier molecular flexibility index (Phi) is 7.53. The number of aromatic nitrogens is 2. The minimum atomic E-state index is -0.744. The topological polar surface area (TPSA) is 101 Å². The number of nitrogens with zero attached hydrogens (tertiary/aromatic N) is 4. The number of carbonyl (C=O) groups is 3. The maximum atomic E-state index is 14.3. The molecule has 4 aromatic rings. The maximum Gasteiger partial charge on any atom is 0.338 e. The van der Waals surface area contributed by atoms with Gasteiger partial charge >= 0.3 is 6.67 Å². The molecule has 3 heterocycles. The lowest BCUT2D eigenvalue weighted by Gasteiger charge is -2.22. The Morgan fingerprint density at radius 1 is 1.10 bits per heavy atom. The van der Waals surface area contributed by atoms with Gasteiger partial charge in [0.2, 0.25) is 5.91 Å². The van der Waals surface area contributed by atoms with Gasteiger partial charge in [-0.05, 0) is 68.3 Å². The molecular formula is C31H30FN6O3+. The molecular weight excluding hydrogens is 523 g/mol. The molecule has 10 heteroatoms. The highest BCUT2D eigenvalue weighted by Gasteiger charge is 2.35. The van der Waals surface area contributed by atoms with Crippen LogP contribution in [0, 0.1) is 18.3 Å². The molecule has 0 aliphatic carbocycles. The van der Waals surface area contributed by atoms with Gasteiger partial charge in [-0.25, -0.2) is 9.37 Å². The van der Waals surface area contributed by atoms with Crippen LogP contribution in [0.1, 0.15) is 48.0 Å². The van der Waals surface area contributed by atoms with E-state index in [2.05, 4.69) is 27.4 Å². The molecule has 3 amide bonds. The minimum Gasteiger partial charge on any atom is -0.339 e. The van der Waals surface area contributed by atoms with Crippen LogP contribution < -0.4 is 15.5 Å². The SMILES string of the molecule is C#[N+]CNC(=O)c1cc(NC(=O)c2nccc3cc(-c4ccc(N5C(=O)C(C)CC5C)cc4)n(CC)c23)ccc1F. The Labute approximate surface area is 236 Å². The quantitative estimate of drug-likeness (QED) is 0.315. The number of pyridine rings is 1. The van der Waals surface area contributed by atoms with Crippen LogP contribution in [-0.2, 0) is 11.3 Å². The fourth-order valence-electron chi connectivity index (χ4n) is 5.48. The molecule has 0 bridgehead atoms. The Morgan fingerprint density at radius 3 is 2.51 bits per heavy atom. The van der Waals surface area contributed by atoms with E-state index >= 15 is 0 Å². The van der Waals surface area contributed by atoms with Crippen molar-refractivity contribution in [2.75, 3.05) is 16.9 Å². The van der Waals surface area contributed by atoms with Crippen LogP contribution in [0.2, 0.25) is 0 Å². The Morgan fingerprint density at radius 2 is 1.85 bits per heavy atom. The summed E-state index contributed by atoms with van der Waals surface area (Å²) in [5.41, 5.74) is 3.51. The molecule has 9 nitrogen and oxygen atoms in total. The van der Waals surface area contributed by atoms with Gasteiger partial charge in [0.15, 0.2) is 5.69 Å². The number of amides is 3. The van der Waals surface area contributed by atoms with Gasteiger partial charge in [0.1, 0.15) is 5.82 Å². The summed E-state index contributed by atoms with van der Waals surface area (Å²) in [7, 11) is 0. The summed E-state index contributed by atoms with van der Waals surface area (Å²) >= 11 is 0. The summed E-state index contributed by atoms with van der Waals surface area (Å²) < 4.78 is 16.3. The van der Waals surface area contributed by atoms with Crippen molar-refractivity contribution in [1.82, 2.24) is 14.9 Å². The van der Waals surface area contributed by atoms with E-state index in [1.807, 2.05) is 59.7 Å². The normalized spacial score (nSPS) is 16.6. The molecule has 2 aromatic heterocycles. The lowest BCUT2D eigenvalue weighted by atomic mass is 10.1. The van der Waals surface area contributed by atoms with E-state index in [0.29, 0.717) is 12.1 Å². The summed E-state index contributed by atoms with van der Waals surface area (Å²) in [6.07, 6.45) is 2.39. The Hall–Kier alpha value is -5.04. The molecule has 2 unspecified atom stereocenters. The number of nitrogens with one attached hydrogen (secondary N) is 2. The summed E-state index contributed by atoms with van der Waals surface area (Å²) in [5.74, 6) is -1.81. The van der Waals surface area contributed by atoms with Gasteiger partial charge in [0.05, 0.1) is 11.1 Å². The van der Waals surface area contributed by atoms with Crippen molar-refractivity contribution in [3.05, 3.63) is 82.7 Å². The zero-order valence-electron chi connectivity index (χ0n) is 23.0. The van der Waals surface area contributed by atoms with Crippen molar-refractivity contribution in [1.29, 1.82) is 0 Å². The van der Waals surface area contributed by atoms with Crippen molar-refractivity contribution >= 4 is 40.0 Å². The molecule has 1 aliphatic rings. The van der Waals surface area contributed by atoms with Gasteiger partial charge in [-0.2, -0.15) is 0 Å². The average Bonchev–Trinajstić information content (AvgIpc) is 3.47. The molecule has 2 atom stereocenters. The molecule has 5 rings (SSSR count). The zero-order valence-corrected chi connectivity index (χ0v) is 23.0. The van der Waals surface area contributed by atoms with Crippen LogP contribution in [0.4, 0.5) is 15.8 Å². The monoisotopic (exact) mass is 553 g/mol. The zero-order chi connectivity index (χ0) is 29.3. The largest absolute Gasteiger partial charge is 0.339 e. The van der Waals surface area contributed by atoms with Crippen molar-refractivity contribution in [2.45, 2.75) is 39.8 Å². The molecule has 0 saturated carbocycles. The van der Waals surface area contributed by atoms with Crippen LogP contribution in [0.3, 0.4) is 0 Å². The van der Waals surface area contributed by atoms with E-state index in [1.165, 1.54) is 12.1 Å². The van der Waals surface area contributed by atoms with Gasteiger partial charge in [0.25, 0.3) is 18.4 Å². The lowest BCUT2D eigenvalue weighted by Crippen LogP contribution is -2.31.